The Morgan fingerprint density at radius 3 is 2.39 bits per heavy atom. The lowest BCUT2D eigenvalue weighted by Gasteiger charge is -2.59. The van der Waals surface area contributed by atoms with Crippen molar-refractivity contribution in [2.24, 2.45) is 46.3 Å². The van der Waals surface area contributed by atoms with Crippen molar-refractivity contribution >= 4 is 0 Å². The lowest BCUT2D eigenvalue weighted by molar-refractivity contribution is -0.268. The highest BCUT2D eigenvalue weighted by atomic mass is 16.6. The third kappa shape index (κ3) is 4.87. The van der Waals surface area contributed by atoms with E-state index in [1.165, 1.54) is 56.9 Å². The minimum atomic E-state index is -0.983. The first kappa shape index (κ1) is 25.7. The molecule has 1 N–H and O–H groups in total. The van der Waals surface area contributed by atoms with E-state index in [2.05, 4.69) is 61.5 Å². The van der Waals surface area contributed by atoms with Gasteiger partial charge in [0, 0.05) is 12.8 Å². The highest BCUT2D eigenvalue weighted by molar-refractivity contribution is 5.26. The molecule has 0 amide bonds. The lowest BCUT2D eigenvalue weighted by Crippen LogP contribution is -2.53. The molecule has 33 heavy (non-hydrogen) atoms. The average Bonchev–Trinajstić information content (AvgIpc) is 3.04. The van der Waals surface area contributed by atoms with E-state index >= 15 is 0 Å². The zero-order valence-corrected chi connectivity index (χ0v) is 23.2. The molecule has 0 aromatic carbocycles. The largest absolute Gasteiger partial charge is 0.365 e. The van der Waals surface area contributed by atoms with Crippen LogP contribution >= 0.6 is 0 Å². The van der Waals surface area contributed by atoms with Gasteiger partial charge in [0.1, 0.15) is 0 Å². The van der Waals surface area contributed by atoms with Crippen LogP contribution in [-0.4, -0.2) is 16.5 Å². The van der Waals surface area contributed by atoms with Crippen LogP contribution in [0, 0.1) is 46.3 Å². The van der Waals surface area contributed by atoms with Crippen LogP contribution in [0.2, 0.25) is 0 Å². The first-order valence-electron chi connectivity index (χ1n) is 14.4. The number of rotatable bonds is 6. The van der Waals surface area contributed by atoms with Crippen LogP contribution in [0.25, 0.3) is 0 Å². The molecule has 4 aliphatic carbocycles. The Hall–Kier alpha value is -0.340. The fourth-order valence-corrected chi connectivity index (χ4v) is 9.30. The summed E-state index contributed by atoms with van der Waals surface area (Å²) in [5.74, 6) is 4.19. The third-order valence-corrected chi connectivity index (χ3v) is 10.8. The zero-order valence-electron chi connectivity index (χ0n) is 23.2. The molecule has 2 nitrogen and oxygen atoms in total. The number of aliphatic hydroxyl groups is 1. The number of allylic oxidation sites excluding steroid dienone is 1. The van der Waals surface area contributed by atoms with E-state index < -0.39 is 5.79 Å². The van der Waals surface area contributed by atoms with Crippen LogP contribution in [0.15, 0.2) is 11.6 Å². The van der Waals surface area contributed by atoms with Gasteiger partial charge in [0.15, 0.2) is 5.79 Å². The quantitative estimate of drug-likeness (QED) is 0.319. The Kier molecular flexibility index (Phi) is 6.98. The van der Waals surface area contributed by atoms with E-state index in [1.807, 2.05) is 0 Å². The maximum absolute atomic E-state index is 11.3. The molecule has 0 spiro atoms. The summed E-state index contributed by atoms with van der Waals surface area (Å²) < 4.78 is 6.18. The Morgan fingerprint density at radius 1 is 1.00 bits per heavy atom. The number of fused-ring (bicyclic) bond motifs is 5. The minimum absolute atomic E-state index is 0.263. The lowest BCUT2D eigenvalue weighted by atomic mass is 9.46. The summed E-state index contributed by atoms with van der Waals surface area (Å²) in [5.41, 5.74) is 2.00. The fourth-order valence-electron chi connectivity index (χ4n) is 9.30. The van der Waals surface area contributed by atoms with E-state index in [0.29, 0.717) is 11.8 Å². The van der Waals surface area contributed by atoms with Crippen LogP contribution in [0.5, 0.6) is 0 Å². The SMILES string of the molecule is CC(C)CCC[C@@H](C)[C@H]1CC[C@H]2[C@@H]3CC=C4C[C@](O)(OC(C)(C)C)CC[C@]4(C)[C@H]3CC[C@]12C. The molecule has 3 fully saturated rings. The molecule has 4 aliphatic rings. The summed E-state index contributed by atoms with van der Waals surface area (Å²) >= 11 is 0. The molecule has 0 aromatic heterocycles. The molecule has 0 saturated heterocycles. The summed E-state index contributed by atoms with van der Waals surface area (Å²) in [6, 6.07) is 0. The summed E-state index contributed by atoms with van der Waals surface area (Å²) in [5, 5.41) is 11.3. The molecule has 0 unspecified atom stereocenters. The zero-order chi connectivity index (χ0) is 24.2. The highest BCUT2D eigenvalue weighted by Crippen LogP contribution is 2.67. The van der Waals surface area contributed by atoms with Gasteiger partial charge in [-0.1, -0.05) is 65.5 Å². The Balaban J connectivity index is 1.48. The van der Waals surface area contributed by atoms with Gasteiger partial charge in [-0.05, 0) is 106 Å². The molecule has 3 saturated carbocycles. The normalized spacial score (nSPS) is 44.1. The maximum atomic E-state index is 11.3. The van der Waals surface area contributed by atoms with E-state index in [0.717, 1.165) is 48.3 Å². The Morgan fingerprint density at radius 2 is 1.73 bits per heavy atom. The fraction of sp³-hybridized carbons (Fsp3) is 0.935. The van der Waals surface area contributed by atoms with Gasteiger partial charge in [-0.3, -0.25) is 0 Å². The van der Waals surface area contributed by atoms with Crippen LogP contribution in [-0.2, 0) is 4.74 Å². The predicted octanol–water partition coefficient (Wildman–Crippen LogP) is 8.53. The number of ether oxygens (including phenoxy) is 1. The molecule has 0 heterocycles. The second kappa shape index (κ2) is 8.95. The smallest absolute Gasteiger partial charge is 0.169 e. The van der Waals surface area contributed by atoms with Gasteiger partial charge >= 0.3 is 0 Å². The minimum Gasteiger partial charge on any atom is -0.365 e. The van der Waals surface area contributed by atoms with Gasteiger partial charge in [0.2, 0.25) is 0 Å². The molecule has 0 radical (unpaired) electrons. The number of hydrogen-bond donors (Lipinski definition) is 1. The summed E-state index contributed by atoms with van der Waals surface area (Å²) in [4.78, 5) is 0. The van der Waals surface area contributed by atoms with E-state index in [9.17, 15) is 5.11 Å². The van der Waals surface area contributed by atoms with Crippen molar-refractivity contribution in [3.63, 3.8) is 0 Å². The first-order valence-corrected chi connectivity index (χ1v) is 14.4. The van der Waals surface area contributed by atoms with Gasteiger partial charge in [0.25, 0.3) is 0 Å². The molecule has 4 rings (SSSR count). The van der Waals surface area contributed by atoms with Gasteiger partial charge < -0.3 is 9.84 Å². The highest BCUT2D eigenvalue weighted by Gasteiger charge is 2.60. The van der Waals surface area contributed by atoms with Crippen molar-refractivity contribution in [3.8, 4) is 0 Å². The van der Waals surface area contributed by atoms with Crippen molar-refractivity contribution in [2.75, 3.05) is 0 Å². The average molecular weight is 459 g/mol. The van der Waals surface area contributed by atoms with E-state index in [-0.39, 0.29) is 11.0 Å². The van der Waals surface area contributed by atoms with Crippen LogP contribution in [0.4, 0.5) is 0 Å². The molecular formula is C31H54O2. The van der Waals surface area contributed by atoms with Gasteiger partial charge in [-0.25, -0.2) is 0 Å². The summed E-state index contributed by atoms with van der Waals surface area (Å²) in [6.07, 6.45) is 16.3. The second-order valence-corrected chi connectivity index (χ2v) is 14.6. The molecule has 190 valence electrons. The monoisotopic (exact) mass is 458 g/mol. The standard InChI is InChI=1S/C31H54O2/c1-21(2)10-9-11-22(3)25-14-15-26-24-13-12-23-20-31(32,33-28(4,5)6)19-18-29(23,7)27(24)16-17-30(25,26)8/h12,21-22,24-27,32H,9-11,13-20H2,1-8H3/t22-,24+,25-,26+,27+,29+,30-,31-/m1/s1. The summed E-state index contributed by atoms with van der Waals surface area (Å²) in [6.45, 7) is 18.7. The third-order valence-electron chi connectivity index (χ3n) is 10.8. The van der Waals surface area contributed by atoms with Crippen molar-refractivity contribution in [1.82, 2.24) is 0 Å². The van der Waals surface area contributed by atoms with Crippen LogP contribution in [0.3, 0.4) is 0 Å². The van der Waals surface area contributed by atoms with Crippen molar-refractivity contribution in [2.45, 2.75) is 137 Å². The van der Waals surface area contributed by atoms with Gasteiger partial charge in [0.05, 0.1) is 5.60 Å². The van der Waals surface area contributed by atoms with Crippen molar-refractivity contribution in [3.05, 3.63) is 11.6 Å². The topological polar surface area (TPSA) is 29.5 Å². The van der Waals surface area contributed by atoms with Crippen molar-refractivity contribution in [1.29, 1.82) is 0 Å². The van der Waals surface area contributed by atoms with Gasteiger partial charge in [-0.2, -0.15) is 0 Å². The molecule has 8 atom stereocenters. The van der Waals surface area contributed by atoms with Crippen molar-refractivity contribution < 1.29 is 9.84 Å². The molecular weight excluding hydrogens is 404 g/mol. The Labute approximate surface area is 205 Å². The molecule has 0 bridgehead atoms. The predicted molar refractivity (Wildman–Crippen MR) is 139 cm³/mol. The summed E-state index contributed by atoms with van der Waals surface area (Å²) in [7, 11) is 0. The number of hydrogen-bond acceptors (Lipinski definition) is 2. The van der Waals surface area contributed by atoms with Crippen LogP contribution < -0.4 is 0 Å². The van der Waals surface area contributed by atoms with E-state index in [1.54, 1.807) is 0 Å². The molecule has 0 aliphatic heterocycles. The molecule has 2 heteroatoms. The van der Waals surface area contributed by atoms with Crippen LogP contribution in [0.1, 0.15) is 126 Å². The maximum Gasteiger partial charge on any atom is 0.169 e. The Bertz CT molecular complexity index is 732. The molecule has 0 aromatic rings. The van der Waals surface area contributed by atoms with Gasteiger partial charge in [-0.15, -0.1) is 0 Å². The first-order chi connectivity index (χ1) is 15.3. The van der Waals surface area contributed by atoms with E-state index in [4.69, 9.17) is 4.74 Å². The second-order valence-electron chi connectivity index (χ2n) is 14.6.